The lowest BCUT2D eigenvalue weighted by molar-refractivity contribution is -0.145. The van der Waals surface area contributed by atoms with Crippen molar-refractivity contribution in [2.75, 3.05) is 5.32 Å². The molecule has 1 heterocycles. The summed E-state index contributed by atoms with van der Waals surface area (Å²) < 4.78 is 0. The Balaban J connectivity index is 2.06. The molecule has 98 valence electrons. The van der Waals surface area contributed by atoms with Gasteiger partial charge in [0.25, 0.3) is 0 Å². The van der Waals surface area contributed by atoms with E-state index in [9.17, 15) is 9.90 Å². The minimum Gasteiger partial charge on any atom is -0.480 e. The van der Waals surface area contributed by atoms with Crippen molar-refractivity contribution < 1.29 is 9.90 Å². The number of benzene rings is 1. The summed E-state index contributed by atoms with van der Waals surface area (Å²) in [6.07, 6.45) is 2.19. The first-order valence-electron chi connectivity index (χ1n) is 6.36. The molecule has 0 amide bonds. The van der Waals surface area contributed by atoms with Crippen LogP contribution in [0.4, 0.5) is 5.82 Å². The van der Waals surface area contributed by atoms with Crippen LogP contribution in [0.25, 0.3) is 10.8 Å². The first-order valence-corrected chi connectivity index (χ1v) is 6.36. The molecule has 1 aliphatic carbocycles. The van der Waals surface area contributed by atoms with E-state index in [1.807, 2.05) is 31.2 Å². The van der Waals surface area contributed by atoms with E-state index in [4.69, 9.17) is 0 Å². The molecule has 2 aromatic rings. The zero-order valence-corrected chi connectivity index (χ0v) is 10.7. The van der Waals surface area contributed by atoms with Crippen LogP contribution in [-0.2, 0) is 4.79 Å². The predicted octanol–water partition coefficient (Wildman–Crippen LogP) is 2.36. The molecular weight excluding hydrogens is 242 g/mol. The van der Waals surface area contributed by atoms with E-state index in [2.05, 4.69) is 15.5 Å². The van der Waals surface area contributed by atoms with Crippen molar-refractivity contribution in [2.45, 2.75) is 31.7 Å². The van der Waals surface area contributed by atoms with Crippen molar-refractivity contribution in [3.63, 3.8) is 0 Å². The predicted molar refractivity (Wildman–Crippen MR) is 72.1 cm³/mol. The standard InChI is InChI=1S/C14H15N3O2/c1-9-10-5-2-3-6-11(10)12(17-16-9)15-14(13(18)19)7-4-8-14/h2-3,5-6H,4,7-8H2,1H3,(H,15,17)(H,18,19). The third kappa shape index (κ3) is 1.82. The Morgan fingerprint density at radius 2 is 1.95 bits per heavy atom. The van der Waals surface area contributed by atoms with Gasteiger partial charge in [-0.05, 0) is 26.2 Å². The van der Waals surface area contributed by atoms with E-state index in [-0.39, 0.29) is 0 Å². The highest BCUT2D eigenvalue weighted by Crippen LogP contribution is 2.36. The summed E-state index contributed by atoms with van der Waals surface area (Å²) in [6.45, 7) is 1.90. The lowest BCUT2D eigenvalue weighted by Gasteiger charge is -2.38. The second-order valence-corrected chi connectivity index (χ2v) is 5.05. The Morgan fingerprint density at radius 1 is 1.26 bits per heavy atom. The van der Waals surface area contributed by atoms with Crippen molar-refractivity contribution in [1.82, 2.24) is 10.2 Å². The van der Waals surface area contributed by atoms with Gasteiger partial charge in [-0.25, -0.2) is 4.79 Å². The third-order valence-electron chi connectivity index (χ3n) is 3.85. The van der Waals surface area contributed by atoms with Crippen molar-refractivity contribution >= 4 is 22.6 Å². The maximum atomic E-state index is 11.4. The number of hydrogen-bond donors (Lipinski definition) is 2. The van der Waals surface area contributed by atoms with Crippen molar-refractivity contribution in [3.05, 3.63) is 30.0 Å². The maximum Gasteiger partial charge on any atom is 0.329 e. The van der Waals surface area contributed by atoms with E-state index in [0.29, 0.717) is 18.7 Å². The van der Waals surface area contributed by atoms with Gasteiger partial charge in [0.05, 0.1) is 5.69 Å². The van der Waals surface area contributed by atoms with Crippen LogP contribution >= 0.6 is 0 Å². The number of anilines is 1. The number of carboxylic acid groups (broad SMARTS) is 1. The van der Waals surface area contributed by atoms with Gasteiger partial charge in [-0.15, -0.1) is 5.10 Å². The Labute approximate surface area is 110 Å². The van der Waals surface area contributed by atoms with Crippen LogP contribution in [0, 0.1) is 6.92 Å². The molecule has 0 spiro atoms. The lowest BCUT2D eigenvalue weighted by Crippen LogP contribution is -2.52. The summed E-state index contributed by atoms with van der Waals surface area (Å²) >= 11 is 0. The van der Waals surface area contributed by atoms with Gasteiger partial charge >= 0.3 is 5.97 Å². The summed E-state index contributed by atoms with van der Waals surface area (Å²) in [5.74, 6) is -0.256. The van der Waals surface area contributed by atoms with Crippen molar-refractivity contribution in [1.29, 1.82) is 0 Å². The van der Waals surface area contributed by atoms with E-state index in [1.54, 1.807) is 0 Å². The van der Waals surface area contributed by atoms with Crippen molar-refractivity contribution in [2.24, 2.45) is 0 Å². The average molecular weight is 257 g/mol. The highest BCUT2D eigenvalue weighted by molar-refractivity contribution is 5.95. The molecule has 0 unspecified atom stereocenters. The molecule has 1 aromatic carbocycles. The van der Waals surface area contributed by atoms with Crippen LogP contribution in [0.2, 0.25) is 0 Å². The zero-order chi connectivity index (χ0) is 13.5. The number of aliphatic carboxylic acids is 1. The van der Waals surface area contributed by atoms with Crippen LogP contribution < -0.4 is 5.32 Å². The number of nitrogens with one attached hydrogen (secondary N) is 1. The molecule has 0 atom stereocenters. The molecule has 0 saturated heterocycles. The van der Waals surface area contributed by atoms with Crippen LogP contribution in [-0.4, -0.2) is 26.8 Å². The number of aryl methyl sites for hydroxylation is 1. The molecule has 19 heavy (non-hydrogen) atoms. The van der Waals surface area contributed by atoms with Crippen molar-refractivity contribution in [3.8, 4) is 0 Å². The van der Waals surface area contributed by atoms with Gasteiger partial charge in [0.1, 0.15) is 5.54 Å². The van der Waals surface area contributed by atoms with Gasteiger partial charge in [-0.1, -0.05) is 24.3 Å². The van der Waals surface area contributed by atoms with Crippen LogP contribution in [0.5, 0.6) is 0 Å². The largest absolute Gasteiger partial charge is 0.480 e. The van der Waals surface area contributed by atoms with Crippen LogP contribution in [0.1, 0.15) is 25.0 Å². The number of aromatic nitrogens is 2. The quantitative estimate of drug-likeness (QED) is 0.882. The van der Waals surface area contributed by atoms with Gasteiger partial charge in [0, 0.05) is 10.8 Å². The van der Waals surface area contributed by atoms with E-state index < -0.39 is 11.5 Å². The number of rotatable bonds is 3. The number of carbonyl (C=O) groups is 1. The Kier molecular flexibility index (Phi) is 2.62. The smallest absolute Gasteiger partial charge is 0.329 e. The molecule has 5 heteroatoms. The summed E-state index contributed by atoms with van der Waals surface area (Å²) in [6, 6.07) is 7.77. The van der Waals surface area contributed by atoms with E-state index >= 15 is 0 Å². The highest BCUT2D eigenvalue weighted by Gasteiger charge is 2.45. The fourth-order valence-electron chi connectivity index (χ4n) is 2.48. The summed E-state index contributed by atoms with van der Waals surface area (Å²) in [5, 5.41) is 22.6. The second-order valence-electron chi connectivity index (χ2n) is 5.05. The molecular formula is C14H15N3O2. The summed E-state index contributed by atoms with van der Waals surface area (Å²) in [5.41, 5.74) is -0.0219. The fourth-order valence-corrected chi connectivity index (χ4v) is 2.48. The Hall–Kier alpha value is -2.17. The van der Waals surface area contributed by atoms with E-state index in [0.717, 1.165) is 22.9 Å². The molecule has 1 aromatic heterocycles. The summed E-state index contributed by atoms with van der Waals surface area (Å²) in [7, 11) is 0. The van der Waals surface area contributed by atoms with Gasteiger partial charge < -0.3 is 10.4 Å². The Morgan fingerprint density at radius 3 is 2.53 bits per heavy atom. The van der Waals surface area contributed by atoms with Crippen LogP contribution in [0.15, 0.2) is 24.3 Å². The number of hydrogen-bond acceptors (Lipinski definition) is 4. The molecule has 1 aliphatic rings. The van der Waals surface area contributed by atoms with Gasteiger partial charge in [0.2, 0.25) is 0 Å². The van der Waals surface area contributed by atoms with Gasteiger partial charge in [0.15, 0.2) is 5.82 Å². The molecule has 3 rings (SSSR count). The molecule has 0 radical (unpaired) electrons. The minimum atomic E-state index is -0.868. The third-order valence-corrected chi connectivity index (χ3v) is 3.85. The molecule has 1 saturated carbocycles. The van der Waals surface area contributed by atoms with Gasteiger partial charge in [-0.2, -0.15) is 5.10 Å². The highest BCUT2D eigenvalue weighted by atomic mass is 16.4. The first kappa shape index (κ1) is 11.9. The lowest BCUT2D eigenvalue weighted by atomic mass is 9.76. The minimum absolute atomic E-state index is 0.559. The van der Waals surface area contributed by atoms with Gasteiger partial charge in [-0.3, -0.25) is 0 Å². The molecule has 1 fully saturated rings. The van der Waals surface area contributed by atoms with Crippen LogP contribution in [0.3, 0.4) is 0 Å². The molecule has 0 bridgehead atoms. The second kappa shape index (κ2) is 4.19. The number of nitrogens with zero attached hydrogens (tertiary/aromatic N) is 2. The zero-order valence-electron chi connectivity index (χ0n) is 10.7. The Bertz CT molecular complexity index is 650. The molecule has 5 nitrogen and oxygen atoms in total. The summed E-state index contributed by atoms with van der Waals surface area (Å²) in [4.78, 5) is 11.4. The topological polar surface area (TPSA) is 75.1 Å². The number of carboxylic acids is 1. The maximum absolute atomic E-state index is 11.4. The van der Waals surface area contributed by atoms with E-state index in [1.165, 1.54) is 0 Å². The first-order chi connectivity index (χ1) is 9.12. The average Bonchev–Trinajstić information content (AvgIpc) is 2.36. The molecule has 0 aliphatic heterocycles. The number of fused-ring (bicyclic) bond motifs is 1. The molecule has 2 N–H and O–H groups in total. The fraction of sp³-hybridized carbons (Fsp3) is 0.357. The monoisotopic (exact) mass is 257 g/mol. The SMILES string of the molecule is Cc1nnc(NC2(C(=O)O)CCC2)c2ccccc12. The normalized spacial score (nSPS) is 16.9.